The average molecular weight is 294 g/mol. The van der Waals surface area contributed by atoms with Crippen molar-refractivity contribution in [2.75, 3.05) is 6.54 Å². The van der Waals surface area contributed by atoms with Crippen LogP contribution < -0.4 is 0 Å². The van der Waals surface area contributed by atoms with Crippen LogP contribution in [-0.4, -0.2) is 39.4 Å². The van der Waals surface area contributed by atoms with Gasteiger partial charge < -0.3 is 10.0 Å². The summed E-state index contributed by atoms with van der Waals surface area (Å²) in [6.07, 6.45) is -0.169. The highest BCUT2D eigenvalue weighted by Crippen LogP contribution is 2.23. The summed E-state index contributed by atoms with van der Waals surface area (Å²) in [5.41, 5.74) is 0.388. The highest BCUT2D eigenvalue weighted by Gasteiger charge is 2.24. The lowest BCUT2D eigenvalue weighted by molar-refractivity contribution is -0.385. The molecule has 0 heterocycles. The number of benzene rings is 1. The summed E-state index contributed by atoms with van der Waals surface area (Å²) in [5.74, 6) is -1.39. The number of amides is 1. The van der Waals surface area contributed by atoms with Crippen LogP contribution in [0.4, 0.5) is 5.69 Å². The molecule has 1 rings (SSSR count). The number of hydrogen-bond donors (Lipinski definition) is 1. The normalized spacial score (nSPS) is 10.5. The molecule has 1 amide bonds. The van der Waals surface area contributed by atoms with Gasteiger partial charge in [0.15, 0.2) is 0 Å². The molecule has 0 atom stereocenters. The highest BCUT2D eigenvalue weighted by atomic mass is 16.6. The van der Waals surface area contributed by atoms with Crippen LogP contribution in [0.3, 0.4) is 0 Å². The number of rotatable bonds is 6. The quantitative estimate of drug-likeness (QED) is 0.640. The SMILES string of the molecule is Cc1c(C(=O)N(CCC(=O)O)C(C)C)cccc1[N+](=O)[O-]. The molecule has 0 aromatic heterocycles. The van der Waals surface area contributed by atoms with Crippen LogP contribution in [0, 0.1) is 17.0 Å². The van der Waals surface area contributed by atoms with E-state index in [0.717, 1.165) is 0 Å². The predicted octanol–water partition coefficient (Wildman–Crippen LogP) is 2.23. The van der Waals surface area contributed by atoms with E-state index in [9.17, 15) is 19.7 Å². The van der Waals surface area contributed by atoms with Crippen molar-refractivity contribution in [1.29, 1.82) is 0 Å². The Morgan fingerprint density at radius 3 is 2.48 bits per heavy atom. The Bertz CT molecular complexity index is 568. The lowest BCUT2D eigenvalue weighted by Crippen LogP contribution is -2.38. The summed E-state index contributed by atoms with van der Waals surface area (Å²) in [6, 6.07) is 4.10. The molecular weight excluding hydrogens is 276 g/mol. The van der Waals surface area contributed by atoms with E-state index >= 15 is 0 Å². The van der Waals surface area contributed by atoms with Crippen LogP contribution in [0.2, 0.25) is 0 Å². The van der Waals surface area contributed by atoms with E-state index < -0.39 is 16.8 Å². The summed E-state index contributed by atoms with van der Waals surface area (Å²) in [4.78, 5) is 35.0. The van der Waals surface area contributed by atoms with Gasteiger partial charge in [-0.25, -0.2) is 0 Å². The number of carboxylic acid groups (broad SMARTS) is 1. The van der Waals surface area contributed by atoms with Gasteiger partial charge in [-0.2, -0.15) is 0 Å². The number of nitro groups is 1. The number of nitrogens with zero attached hydrogens (tertiary/aromatic N) is 2. The lowest BCUT2D eigenvalue weighted by atomic mass is 10.0. The number of carbonyl (C=O) groups excluding carboxylic acids is 1. The van der Waals surface area contributed by atoms with Crippen LogP contribution in [0.1, 0.15) is 36.2 Å². The van der Waals surface area contributed by atoms with E-state index in [1.54, 1.807) is 13.8 Å². The first-order valence-electron chi connectivity index (χ1n) is 6.52. The monoisotopic (exact) mass is 294 g/mol. The van der Waals surface area contributed by atoms with E-state index in [-0.39, 0.29) is 35.8 Å². The fraction of sp³-hybridized carbons (Fsp3) is 0.429. The third kappa shape index (κ3) is 4.01. The molecule has 7 heteroatoms. The van der Waals surface area contributed by atoms with E-state index in [4.69, 9.17) is 5.11 Å². The third-order valence-electron chi connectivity index (χ3n) is 3.18. The maximum Gasteiger partial charge on any atom is 0.305 e. The number of aliphatic carboxylic acids is 1. The first-order valence-corrected chi connectivity index (χ1v) is 6.52. The number of hydrogen-bond acceptors (Lipinski definition) is 4. The van der Waals surface area contributed by atoms with Gasteiger partial charge in [0.05, 0.1) is 11.3 Å². The van der Waals surface area contributed by atoms with E-state index in [0.29, 0.717) is 0 Å². The standard InChI is InChI=1S/C14H18N2O5/c1-9(2)15(8-7-13(17)18)14(19)11-5-4-6-12(10(11)3)16(20)21/h4-6,9H,7-8H2,1-3H3,(H,17,18). The van der Waals surface area contributed by atoms with Crippen molar-refractivity contribution < 1.29 is 19.6 Å². The number of carbonyl (C=O) groups is 2. The van der Waals surface area contributed by atoms with Crippen molar-refractivity contribution in [3.63, 3.8) is 0 Å². The van der Waals surface area contributed by atoms with Gasteiger partial charge in [0.1, 0.15) is 0 Å². The molecule has 114 valence electrons. The molecule has 0 aliphatic carbocycles. The van der Waals surface area contributed by atoms with Gasteiger partial charge >= 0.3 is 5.97 Å². The average Bonchev–Trinajstić information content (AvgIpc) is 2.37. The van der Waals surface area contributed by atoms with Gasteiger partial charge in [0, 0.05) is 29.8 Å². The topological polar surface area (TPSA) is 101 Å². The van der Waals surface area contributed by atoms with Gasteiger partial charge in [0.2, 0.25) is 0 Å². The van der Waals surface area contributed by atoms with Crippen molar-refractivity contribution >= 4 is 17.6 Å². The number of carboxylic acids is 1. The van der Waals surface area contributed by atoms with Crippen molar-refractivity contribution in [2.24, 2.45) is 0 Å². The second-order valence-electron chi connectivity index (χ2n) is 4.94. The Morgan fingerprint density at radius 1 is 1.38 bits per heavy atom. The summed E-state index contributed by atoms with van der Waals surface area (Å²) < 4.78 is 0. The van der Waals surface area contributed by atoms with E-state index in [1.165, 1.54) is 30.0 Å². The minimum atomic E-state index is -0.996. The molecule has 0 spiro atoms. The van der Waals surface area contributed by atoms with Gasteiger partial charge in [-0.05, 0) is 26.8 Å². The van der Waals surface area contributed by atoms with E-state index in [2.05, 4.69) is 0 Å². The summed E-state index contributed by atoms with van der Waals surface area (Å²) in [7, 11) is 0. The Balaban J connectivity index is 3.12. The van der Waals surface area contributed by atoms with Crippen LogP contribution in [0.25, 0.3) is 0 Å². The molecule has 0 saturated carbocycles. The minimum absolute atomic E-state index is 0.0635. The number of nitro benzene ring substituents is 1. The molecule has 7 nitrogen and oxygen atoms in total. The van der Waals surface area contributed by atoms with Crippen molar-refractivity contribution in [1.82, 2.24) is 4.90 Å². The summed E-state index contributed by atoms with van der Waals surface area (Å²) >= 11 is 0. The van der Waals surface area contributed by atoms with Crippen molar-refractivity contribution in [3.05, 3.63) is 39.4 Å². The fourth-order valence-electron chi connectivity index (χ4n) is 2.02. The predicted molar refractivity (Wildman–Crippen MR) is 76.3 cm³/mol. The summed E-state index contributed by atoms with van der Waals surface area (Å²) in [5, 5.41) is 19.7. The fourth-order valence-corrected chi connectivity index (χ4v) is 2.02. The first-order chi connectivity index (χ1) is 9.75. The minimum Gasteiger partial charge on any atom is -0.481 e. The van der Waals surface area contributed by atoms with Crippen LogP contribution >= 0.6 is 0 Å². The van der Waals surface area contributed by atoms with Crippen molar-refractivity contribution in [3.8, 4) is 0 Å². The molecule has 21 heavy (non-hydrogen) atoms. The smallest absolute Gasteiger partial charge is 0.305 e. The van der Waals surface area contributed by atoms with Crippen LogP contribution in [0.15, 0.2) is 18.2 Å². The van der Waals surface area contributed by atoms with Crippen LogP contribution in [0.5, 0.6) is 0 Å². The second kappa shape index (κ2) is 6.83. The third-order valence-corrected chi connectivity index (χ3v) is 3.18. The highest BCUT2D eigenvalue weighted by molar-refractivity contribution is 5.97. The van der Waals surface area contributed by atoms with Gasteiger partial charge in [-0.3, -0.25) is 19.7 Å². The zero-order valence-electron chi connectivity index (χ0n) is 12.2. The van der Waals surface area contributed by atoms with Gasteiger partial charge in [-0.1, -0.05) is 6.07 Å². The molecular formula is C14H18N2O5. The Hall–Kier alpha value is -2.44. The molecule has 0 aliphatic rings. The Kier molecular flexibility index (Phi) is 5.40. The molecule has 1 N–H and O–H groups in total. The maximum absolute atomic E-state index is 12.5. The van der Waals surface area contributed by atoms with E-state index in [1.807, 2.05) is 0 Å². The molecule has 1 aromatic rings. The zero-order valence-corrected chi connectivity index (χ0v) is 12.2. The molecule has 0 unspecified atom stereocenters. The Morgan fingerprint density at radius 2 is 2.00 bits per heavy atom. The Labute approximate surface area is 122 Å². The van der Waals surface area contributed by atoms with Crippen molar-refractivity contribution in [2.45, 2.75) is 33.2 Å². The molecule has 0 radical (unpaired) electrons. The molecule has 0 bridgehead atoms. The molecule has 1 aromatic carbocycles. The molecule has 0 aliphatic heterocycles. The summed E-state index contributed by atoms with van der Waals surface area (Å²) in [6.45, 7) is 5.12. The molecule has 0 saturated heterocycles. The van der Waals surface area contributed by atoms with Gasteiger partial charge in [0.25, 0.3) is 11.6 Å². The van der Waals surface area contributed by atoms with Crippen LogP contribution in [-0.2, 0) is 4.79 Å². The van der Waals surface area contributed by atoms with Gasteiger partial charge in [-0.15, -0.1) is 0 Å². The zero-order chi connectivity index (χ0) is 16.2. The maximum atomic E-state index is 12.5. The first kappa shape index (κ1) is 16.6. The second-order valence-corrected chi connectivity index (χ2v) is 4.94. The largest absolute Gasteiger partial charge is 0.481 e. The lowest BCUT2D eigenvalue weighted by Gasteiger charge is -2.26. The molecule has 0 fully saturated rings.